The number of nitrogens with zero attached hydrogens (tertiary/aromatic N) is 1. The SMILES string of the molecule is Cc1cccc(NC(=O)c2ccc([N+](=O)[O-])s2)c1Br. The zero-order valence-corrected chi connectivity index (χ0v) is 12.2. The maximum absolute atomic E-state index is 12.0. The van der Waals surface area contributed by atoms with Crippen LogP contribution in [0.15, 0.2) is 34.8 Å². The minimum absolute atomic E-state index is 0.0477. The summed E-state index contributed by atoms with van der Waals surface area (Å²) in [6.07, 6.45) is 0. The molecule has 2 rings (SSSR count). The van der Waals surface area contributed by atoms with E-state index in [1.165, 1.54) is 12.1 Å². The van der Waals surface area contributed by atoms with Gasteiger partial charge in [-0.25, -0.2) is 0 Å². The minimum atomic E-state index is -0.510. The number of nitrogens with one attached hydrogen (secondary N) is 1. The second kappa shape index (κ2) is 5.50. The molecule has 1 heterocycles. The van der Waals surface area contributed by atoms with Crippen LogP contribution in [0.1, 0.15) is 15.2 Å². The Morgan fingerprint density at radius 1 is 1.37 bits per heavy atom. The largest absolute Gasteiger partial charge is 0.324 e. The fraction of sp³-hybridized carbons (Fsp3) is 0.0833. The molecular weight excluding hydrogens is 332 g/mol. The van der Waals surface area contributed by atoms with E-state index in [1.54, 1.807) is 6.07 Å². The third-order valence-electron chi connectivity index (χ3n) is 2.44. The van der Waals surface area contributed by atoms with Crippen LogP contribution in [0.5, 0.6) is 0 Å². The van der Waals surface area contributed by atoms with Gasteiger partial charge in [-0.3, -0.25) is 14.9 Å². The van der Waals surface area contributed by atoms with E-state index in [0.717, 1.165) is 21.4 Å². The standard InChI is InChI=1S/C12H9BrN2O3S/c1-7-3-2-4-8(11(7)13)14-12(16)9-5-6-10(19-9)15(17)18/h2-6H,1H3,(H,14,16). The Kier molecular flexibility index (Phi) is 3.96. The highest BCUT2D eigenvalue weighted by molar-refractivity contribution is 9.10. The second-order valence-corrected chi connectivity index (χ2v) is 5.64. The number of hydrogen-bond donors (Lipinski definition) is 1. The number of rotatable bonds is 3. The molecule has 7 heteroatoms. The number of nitro groups is 1. The van der Waals surface area contributed by atoms with Gasteiger partial charge in [0.15, 0.2) is 0 Å². The second-order valence-electron chi connectivity index (χ2n) is 3.79. The summed E-state index contributed by atoms with van der Waals surface area (Å²) in [6, 6.07) is 8.27. The fourth-order valence-electron chi connectivity index (χ4n) is 1.48. The first-order chi connectivity index (χ1) is 8.99. The molecule has 0 bridgehead atoms. The van der Waals surface area contributed by atoms with Crippen molar-refractivity contribution < 1.29 is 9.72 Å². The Hall–Kier alpha value is -1.73. The summed E-state index contributed by atoms with van der Waals surface area (Å²) in [5, 5.41) is 13.2. The third-order valence-corrected chi connectivity index (χ3v) is 4.52. The number of carbonyl (C=O) groups excluding carboxylic acids is 1. The van der Waals surface area contributed by atoms with Crippen molar-refractivity contribution in [3.8, 4) is 0 Å². The lowest BCUT2D eigenvalue weighted by atomic mass is 10.2. The number of amides is 1. The van der Waals surface area contributed by atoms with Gasteiger partial charge >= 0.3 is 5.00 Å². The van der Waals surface area contributed by atoms with Crippen LogP contribution in [-0.4, -0.2) is 10.8 Å². The van der Waals surface area contributed by atoms with Crippen LogP contribution in [0.2, 0.25) is 0 Å². The Morgan fingerprint density at radius 3 is 2.74 bits per heavy atom. The molecule has 0 spiro atoms. The first-order valence-corrected chi connectivity index (χ1v) is 6.90. The lowest BCUT2D eigenvalue weighted by Gasteiger charge is -2.07. The first-order valence-electron chi connectivity index (χ1n) is 5.29. The van der Waals surface area contributed by atoms with Gasteiger partial charge in [-0.1, -0.05) is 23.5 Å². The zero-order valence-electron chi connectivity index (χ0n) is 9.84. The van der Waals surface area contributed by atoms with Gasteiger partial charge in [0.25, 0.3) is 5.91 Å². The minimum Gasteiger partial charge on any atom is -0.320 e. The number of anilines is 1. The van der Waals surface area contributed by atoms with Gasteiger partial charge in [0.1, 0.15) is 0 Å². The molecule has 0 aliphatic heterocycles. The van der Waals surface area contributed by atoms with Crippen molar-refractivity contribution in [3.63, 3.8) is 0 Å². The van der Waals surface area contributed by atoms with Crippen LogP contribution in [0, 0.1) is 17.0 Å². The molecule has 1 N–H and O–H groups in total. The van der Waals surface area contributed by atoms with E-state index < -0.39 is 4.92 Å². The molecule has 0 aliphatic rings. The third kappa shape index (κ3) is 2.99. The Labute approximate surface area is 121 Å². The molecule has 5 nitrogen and oxygen atoms in total. The molecule has 19 heavy (non-hydrogen) atoms. The van der Waals surface area contributed by atoms with E-state index in [-0.39, 0.29) is 10.9 Å². The van der Waals surface area contributed by atoms with Gasteiger partial charge in [-0.15, -0.1) is 0 Å². The number of carbonyl (C=O) groups is 1. The summed E-state index contributed by atoms with van der Waals surface area (Å²) in [4.78, 5) is 22.3. The van der Waals surface area contributed by atoms with Crippen molar-refractivity contribution in [2.24, 2.45) is 0 Å². The highest BCUT2D eigenvalue weighted by atomic mass is 79.9. The van der Waals surface area contributed by atoms with Gasteiger partial charge in [0.2, 0.25) is 0 Å². The summed E-state index contributed by atoms with van der Waals surface area (Å²) in [7, 11) is 0. The molecule has 98 valence electrons. The van der Waals surface area contributed by atoms with Crippen molar-refractivity contribution >= 4 is 43.9 Å². The predicted octanol–water partition coefficient (Wildman–Crippen LogP) is 3.98. The van der Waals surface area contributed by atoms with E-state index in [9.17, 15) is 14.9 Å². The van der Waals surface area contributed by atoms with E-state index >= 15 is 0 Å². The molecule has 0 unspecified atom stereocenters. The van der Waals surface area contributed by atoms with Gasteiger partial charge < -0.3 is 5.32 Å². The monoisotopic (exact) mass is 340 g/mol. The maximum Gasteiger partial charge on any atom is 0.324 e. The molecule has 0 atom stereocenters. The molecule has 1 amide bonds. The lowest BCUT2D eigenvalue weighted by molar-refractivity contribution is -0.380. The van der Waals surface area contributed by atoms with Crippen LogP contribution in [-0.2, 0) is 0 Å². The molecule has 0 saturated carbocycles. The number of benzene rings is 1. The van der Waals surface area contributed by atoms with Crippen molar-refractivity contribution in [2.45, 2.75) is 6.92 Å². The van der Waals surface area contributed by atoms with Crippen molar-refractivity contribution in [2.75, 3.05) is 5.32 Å². The maximum atomic E-state index is 12.0. The van der Waals surface area contributed by atoms with Gasteiger partial charge in [0, 0.05) is 10.5 Å². The smallest absolute Gasteiger partial charge is 0.320 e. The fourth-order valence-corrected chi connectivity index (χ4v) is 2.55. The van der Waals surface area contributed by atoms with Gasteiger partial charge in [-0.05, 0) is 40.5 Å². The highest BCUT2D eigenvalue weighted by Crippen LogP contribution is 2.28. The molecule has 2 aromatic rings. The number of aryl methyl sites for hydroxylation is 1. The topological polar surface area (TPSA) is 72.2 Å². The van der Waals surface area contributed by atoms with Crippen molar-refractivity contribution in [3.05, 3.63) is 55.4 Å². The summed E-state index contributed by atoms with van der Waals surface area (Å²) >= 11 is 4.24. The van der Waals surface area contributed by atoms with Crippen molar-refractivity contribution in [1.29, 1.82) is 0 Å². The Balaban J connectivity index is 2.21. The number of thiophene rings is 1. The number of hydrogen-bond acceptors (Lipinski definition) is 4. The van der Waals surface area contributed by atoms with Gasteiger partial charge in [0.05, 0.1) is 15.5 Å². The molecular formula is C12H9BrN2O3S. The lowest BCUT2D eigenvalue weighted by Crippen LogP contribution is -2.10. The normalized spacial score (nSPS) is 10.2. The highest BCUT2D eigenvalue weighted by Gasteiger charge is 2.16. The van der Waals surface area contributed by atoms with Crippen LogP contribution >= 0.6 is 27.3 Å². The molecule has 0 saturated heterocycles. The summed E-state index contributed by atoms with van der Waals surface area (Å²) < 4.78 is 0.800. The molecule has 1 aromatic carbocycles. The van der Waals surface area contributed by atoms with E-state index in [4.69, 9.17) is 0 Å². The summed E-state index contributed by atoms with van der Waals surface area (Å²) in [6.45, 7) is 1.91. The Morgan fingerprint density at radius 2 is 2.11 bits per heavy atom. The van der Waals surface area contributed by atoms with Crippen LogP contribution < -0.4 is 5.32 Å². The van der Waals surface area contributed by atoms with E-state index in [1.807, 2.05) is 19.1 Å². The average molecular weight is 341 g/mol. The average Bonchev–Trinajstić information content (AvgIpc) is 2.84. The molecule has 1 aromatic heterocycles. The van der Waals surface area contributed by atoms with Crippen molar-refractivity contribution in [1.82, 2.24) is 0 Å². The van der Waals surface area contributed by atoms with Crippen LogP contribution in [0.4, 0.5) is 10.7 Å². The van der Waals surface area contributed by atoms with E-state index in [0.29, 0.717) is 10.6 Å². The number of halogens is 1. The molecule has 0 fully saturated rings. The first kappa shape index (κ1) is 13.7. The predicted molar refractivity (Wildman–Crippen MR) is 77.8 cm³/mol. The molecule has 0 radical (unpaired) electrons. The van der Waals surface area contributed by atoms with Crippen LogP contribution in [0.25, 0.3) is 0 Å². The Bertz CT molecular complexity index is 654. The van der Waals surface area contributed by atoms with Crippen LogP contribution in [0.3, 0.4) is 0 Å². The molecule has 0 aliphatic carbocycles. The quantitative estimate of drug-likeness (QED) is 0.678. The van der Waals surface area contributed by atoms with Gasteiger partial charge in [-0.2, -0.15) is 0 Å². The zero-order chi connectivity index (χ0) is 14.0. The van der Waals surface area contributed by atoms with E-state index in [2.05, 4.69) is 21.2 Å². The summed E-state index contributed by atoms with van der Waals surface area (Å²) in [5.41, 5.74) is 1.64. The summed E-state index contributed by atoms with van der Waals surface area (Å²) in [5.74, 6) is -0.357.